The number of aliphatic carboxylic acids is 1. The van der Waals surface area contributed by atoms with Crippen LogP contribution in [-0.4, -0.2) is 34.9 Å². The number of amides is 1. The van der Waals surface area contributed by atoms with E-state index in [9.17, 15) is 14.0 Å². The summed E-state index contributed by atoms with van der Waals surface area (Å²) in [6, 6.07) is 5.38. The number of hydrogen-bond acceptors (Lipinski definition) is 3. The van der Waals surface area contributed by atoms with Gasteiger partial charge in [-0.2, -0.15) is 0 Å². The van der Waals surface area contributed by atoms with Gasteiger partial charge in [0.2, 0.25) is 5.91 Å². The molecule has 0 radical (unpaired) electrons. The molecule has 4 nitrogen and oxygen atoms in total. The van der Waals surface area contributed by atoms with Crippen molar-refractivity contribution in [2.24, 2.45) is 0 Å². The number of hydrogen-bond donors (Lipinski definition) is 2. The van der Waals surface area contributed by atoms with E-state index >= 15 is 0 Å². The Balaban J connectivity index is 2.57. The Morgan fingerprint density at radius 2 is 2.00 bits per heavy atom. The normalized spacial score (nSPS) is 13.6. The number of rotatable bonds is 6. The summed E-state index contributed by atoms with van der Waals surface area (Å²) in [6.07, 6.45) is 0. The highest BCUT2D eigenvalue weighted by Crippen LogP contribution is 2.24. The molecule has 0 bridgehead atoms. The van der Waals surface area contributed by atoms with E-state index in [-0.39, 0.29) is 0 Å². The molecule has 2 unspecified atom stereocenters. The molecule has 0 aromatic heterocycles. The number of halogens is 2. The van der Waals surface area contributed by atoms with E-state index in [0.29, 0.717) is 5.02 Å². The van der Waals surface area contributed by atoms with Crippen LogP contribution < -0.4 is 5.32 Å². The molecule has 0 saturated carbocycles. The van der Waals surface area contributed by atoms with Crippen molar-refractivity contribution in [2.45, 2.75) is 23.1 Å². The molecule has 0 heterocycles. The average Bonchev–Trinajstić information content (AvgIpc) is 2.37. The van der Waals surface area contributed by atoms with Crippen LogP contribution in [0.25, 0.3) is 0 Å². The zero-order valence-electron chi connectivity index (χ0n) is 10.1. The minimum Gasteiger partial charge on any atom is -0.480 e. The molecule has 0 aliphatic heterocycles. The first kappa shape index (κ1) is 15.8. The van der Waals surface area contributed by atoms with Crippen LogP contribution in [0.2, 0.25) is 5.02 Å². The van der Waals surface area contributed by atoms with Crippen molar-refractivity contribution in [3.8, 4) is 0 Å². The van der Waals surface area contributed by atoms with Crippen molar-refractivity contribution in [1.29, 1.82) is 0 Å². The van der Waals surface area contributed by atoms with Gasteiger partial charge in [-0.25, -0.2) is 9.18 Å². The van der Waals surface area contributed by atoms with Gasteiger partial charge in [0.1, 0.15) is 6.67 Å². The van der Waals surface area contributed by atoms with E-state index in [4.69, 9.17) is 16.7 Å². The Morgan fingerprint density at radius 1 is 1.42 bits per heavy atom. The Kier molecular flexibility index (Phi) is 6.11. The second-order valence-electron chi connectivity index (χ2n) is 3.77. The largest absolute Gasteiger partial charge is 0.480 e. The molecule has 0 saturated heterocycles. The van der Waals surface area contributed by atoms with Crippen LogP contribution in [0, 0.1) is 0 Å². The molecule has 19 heavy (non-hydrogen) atoms. The molecule has 0 fully saturated rings. The van der Waals surface area contributed by atoms with Gasteiger partial charge in [0, 0.05) is 9.92 Å². The number of thioether (sulfide) groups is 1. The first-order valence-electron chi connectivity index (χ1n) is 5.45. The predicted octanol–water partition coefficient (Wildman–Crippen LogP) is 2.36. The van der Waals surface area contributed by atoms with Crippen LogP contribution in [0.3, 0.4) is 0 Å². The minimum absolute atomic E-state index is 0.523. The zero-order chi connectivity index (χ0) is 14.4. The van der Waals surface area contributed by atoms with Gasteiger partial charge in [0.25, 0.3) is 0 Å². The average molecular weight is 306 g/mol. The van der Waals surface area contributed by atoms with Gasteiger partial charge in [-0.15, -0.1) is 11.8 Å². The van der Waals surface area contributed by atoms with Gasteiger partial charge in [-0.1, -0.05) is 11.6 Å². The molecule has 1 aromatic rings. The van der Waals surface area contributed by atoms with E-state index in [1.807, 2.05) is 0 Å². The van der Waals surface area contributed by atoms with Crippen molar-refractivity contribution < 1.29 is 19.1 Å². The second kappa shape index (κ2) is 7.35. The standard InChI is InChI=1S/C12H13ClFNO3S/c1-7(11(16)15-10(6-14)12(17)18)19-9-4-2-8(13)3-5-9/h2-5,7,10H,6H2,1H3,(H,15,16)(H,17,18). The van der Waals surface area contributed by atoms with Gasteiger partial charge in [0.05, 0.1) is 5.25 Å². The summed E-state index contributed by atoms with van der Waals surface area (Å²) in [7, 11) is 0. The van der Waals surface area contributed by atoms with Crippen molar-refractivity contribution in [3.63, 3.8) is 0 Å². The first-order chi connectivity index (χ1) is 8.93. The SMILES string of the molecule is CC(Sc1ccc(Cl)cc1)C(=O)NC(CF)C(=O)O. The summed E-state index contributed by atoms with van der Waals surface area (Å²) in [6.45, 7) is 0.477. The summed E-state index contributed by atoms with van der Waals surface area (Å²) in [5, 5.41) is 10.8. The third-order valence-electron chi connectivity index (χ3n) is 2.26. The molecule has 1 rings (SSSR count). The zero-order valence-corrected chi connectivity index (χ0v) is 11.7. The highest BCUT2D eigenvalue weighted by Gasteiger charge is 2.23. The third kappa shape index (κ3) is 5.08. The third-order valence-corrected chi connectivity index (χ3v) is 3.63. The summed E-state index contributed by atoms with van der Waals surface area (Å²) in [4.78, 5) is 23.1. The second-order valence-corrected chi connectivity index (χ2v) is 5.62. The van der Waals surface area contributed by atoms with E-state index in [1.54, 1.807) is 31.2 Å². The van der Waals surface area contributed by atoms with Gasteiger partial charge in [0.15, 0.2) is 6.04 Å². The van der Waals surface area contributed by atoms with E-state index in [2.05, 4.69) is 5.32 Å². The Hall–Kier alpha value is -1.27. The number of benzene rings is 1. The van der Waals surface area contributed by atoms with Gasteiger partial charge in [-0.05, 0) is 31.2 Å². The summed E-state index contributed by atoms with van der Waals surface area (Å²) >= 11 is 6.98. The van der Waals surface area contributed by atoms with Crippen molar-refractivity contribution in [1.82, 2.24) is 5.32 Å². The molecular formula is C12H13ClFNO3S. The van der Waals surface area contributed by atoms with Crippen LogP contribution in [0.5, 0.6) is 0 Å². The van der Waals surface area contributed by atoms with Crippen LogP contribution in [-0.2, 0) is 9.59 Å². The molecule has 2 N–H and O–H groups in total. The topological polar surface area (TPSA) is 66.4 Å². The van der Waals surface area contributed by atoms with E-state index in [0.717, 1.165) is 4.90 Å². The molecule has 0 spiro atoms. The first-order valence-corrected chi connectivity index (χ1v) is 6.71. The quantitative estimate of drug-likeness (QED) is 0.792. The minimum atomic E-state index is -1.50. The summed E-state index contributed by atoms with van der Waals surface area (Å²) < 4.78 is 12.4. The number of carboxylic acids is 1. The van der Waals surface area contributed by atoms with E-state index < -0.39 is 29.8 Å². The number of carbonyl (C=O) groups excluding carboxylic acids is 1. The number of carboxylic acid groups (broad SMARTS) is 1. The maximum atomic E-state index is 12.4. The van der Waals surface area contributed by atoms with Crippen molar-refractivity contribution >= 4 is 35.2 Å². The lowest BCUT2D eigenvalue weighted by atomic mass is 10.3. The number of carbonyl (C=O) groups is 2. The van der Waals surface area contributed by atoms with Gasteiger partial charge >= 0.3 is 5.97 Å². The fraction of sp³-hybridized carbons (Fsp3) is 0.333. The predicted molar refractivity (Wildman–Crippen MR) is 72.3 cm³/mol. The molecule has 104 valence electrons. The molecule has 0 aliphatic rings. The lowest BCUT2D eigenvalue weighted by Crippen LogP contribution is -2.45. The maximum absolute atomic E-state index is 12.4. The number of nitrogens with one attached hydrogen (secondary N) is 1. The molecule has 1 aromatic carbocycles. The van der Waals surface area contributed by atoms with Gasteiger partial charge < -0.3 is 10.4 Å². The summed E-state index contributed by atoms with van der Waals surface area (Å²) in [5.74, 6) is -1.91. The smallest absolute Gasteiger partial charge is 0.328 e. The van der Waals surface area contributed by atoms with Crippen LogP contribution in [0.15, 0.2) is 29.2 Å². The van der Waals surface area contributed by atoms with Crippen molar-refractivity contribution in [2.75, 3.05) is 6.67 Å². The number of alkyl halides is 1. The molecule has 2 atom stereocenters. The maximum Gasteiger partial charge on any atom is 0.328 e. The van der Waals surface area contributed by atoms with Crippen LogP contribution in [0.1, 0.15) is 6.92 Å². The van der Waals surface area contributed by atoms with Crippen LogP contribution >= 0.6 is 23.4 Å². The fourth-order valence-electron chi connectivity index (χ4n) is 1.23. The highest BCUT2D eigenvalue weighted by molar-refractivity contribution is 8.00. The molecule has 1 amide bonds. The van der Waals surface area contributed by atoms with E-state index in [1.165, 1.54) is 11.8 Å². The van der Waals surface area contributed by atoms with Gasteiger partial charge in [-0.3, -0.25) is 4.79 Å². The Labute approximate surface area is 119 Å². The Bertz CT molecular complexity index is 455. The fourth-order valence-corrected chi connectivity index (χ4v) is 2.23. The lowest BCUT2D eigenvalue weighted by molar-refractivity contribution is -0.142. The lowest BCUT2D eigenvalue weighted by Gasteiger charge is -2.15. The summed E-state index contributed by atoms with van der Waals surface area (Å²) in [5.41, 5.74) is 0. The molecule has 7 heteroatoms. The molecular weight excluding hydrogens is 293 g/mol. The monoisotopic (exact) mass is 305 g/mol. The highest BCUT2D eigenvalue weighted by atomic mass is 35.5. The van der Waals surface area contributed by atoms with Crippen LogP contribution in [0.4, 0.5) is 4.39 Å². The van der Waals surface area contributed by atoms with Crippen molar-refractivity contribution in [3.05, 3.63) is 29.3 Å². The Morgan fingerprint density at radius 3 is 2.47 bits per heavy atom. The molecule has 0 aliphatic carbocycles.